The summed E-state index contributed by atoms with van der Waals surface area (Å²) < 4.78 is 7.59. The summed E-state index contributed by atoms with van der Waals surface area (Å²) in [5.41, 5.74) is 4.01. The van der Waals surface area contributed by atoms with Crippen molar-refractivity contribution in [1.82, 2.24) is 4.57 Å². The standard InChI is InChI=1S/C18H16N2O/c1-13-9-17-14(10-16(13)11-19)7-8-20(17)12-15-5-3-4-6-18(15)21-2/h3-10H,12H2,1-2H3. The number of aromatic nitrogens is 1. The molecule has 0 fully saturated rings. The molecule has 0 spiro atoms. The molecule has 3 aromatic rings. The van der Waals surface area contributed by atoms with E-state index in [1.165, 1.54) is 0 Å². The number of ether oxygens (including phenoxy) is 1. The minimum Gasteiger partial charge on any atom is -0.496 e. The molecule has 2 aromatic carbocycles. The normalized spacial score (nSPS) is 10.5. The second-order valence-corrected chi connectivity index (χ2v) is 5.09. The van der Waals surface area contributed by atoms with Crippen LogP contribution >= 0.6 is 0 Å². The zero-order chi connectivity index (χ0) is 14.8. The minimum atomic E-state index is 0.734. The van der Waals surface area contributed by atoms with Crippen molar-refractivity contribution in [2.75, 3.05) is 7.11 Å². The summed E-state index contributed by atoms with van der Waals surface area (Å²) in [5.74, 6) is 0.893. The number of nitriles is 1. The summed E-state index contributed by atoms with van der Waals surface area (Å²) in [7, 11) is 1.69. The molecule has 0 aliphatic heterocycles. The fraction of sp³-hybridized carbons (Fsp3) is 0.167. The first-order chi connectivity index (χ1) is 10.2. The molecule has 0 amide bonds. The van der Waals surface area contributed by atoms with Crippen LogP contribution in [-0.2, 0) is 6.54 Å². The quantitative estimate of drug-likeness (QED) is 0.728. The molecular formula is C18H16N2O. The number of para-hydroxylation sites is 1. The predicted octanol–water partition coefficient (Wildman–Crippen LogP) is 3.88. The topological polar surface area (TPSA) is 38.0 Å². The molecule has 0 aliphatic rings. The Kier molecular flexibility index (Phi) is 3.37. The number of hydrogen-bond donors (Lipinski definition) is 0. The van der Waals surface area contributed by atoms with Gasteiger partial charge in [0.15, 0.2) is 0 Å². The summed E-state index contributed by atoms with van der Waals surface area (Å²) in [5, 5.41) is 10.2. The van der Waals surface area contributed by atoms with Crippen LogP contribution in [0.25, 0.3) is 10.9 Å². The Balaban J connectivity index is 2.06. The Morgan fingerprint density at radius 3 is 2.76 bits per heavy atom. The number of fused-ring (bicyclic) bond motifs is 1. The Bertz CT molecular complexity index is 840. The largest absolute Gasteiger partial charge is 0.496 e. The van der Waals surface area contributed by atoms with E-state index in [0.717, 1.165) is 39.9 Å². The number of methoxy groups -OCH3 is 1. The van der Waals surface area contributed by atoms with Gasteiger partial charge in [-0.25, -0.2) is 0 Å². The monoisotopic (exact) mass is 276 g/mol. The summed E-state index contributed by atoms with van der Waals surface area (Å²) in [6.45, 7) is 2.72. The molecule has 0 unspecified atom stereocenters. The third-order valence-corrected chi connectivity index (χ3v) is 3.77. The van der Waals surface area contributed by atoms with Crippen molar-refractivity contribution in [3.05, 3.63) is 65.4 Å². The van der Waals surface area contributed by atoms with Crippen LogP contribution in [0.15, 0.2) is 48.7 Å². The molecule has 0 saturated heterocycles. The molecule has 0 bridgehead atoms. The fourth-order valence-corrected chi connectivity index (χ4v) is 2.62. The van der Waals surface area contributed by atoms with Gasteiger partial charge in [-0.15, -0.1) is 0 Å². The number of rotatable bonds is 3. The molecule has 104 valence electrons. The van der Waals surface area contributed by atoms with E-state index in [1.807, 2.05) is 37.3 Å². The number of aryl methyl sites for hydroxylation is 1. The third kappa shape index (κ3) is 2.36. The summed E-state index contributed by atoms with van der Waals surface area (Å²) >= 11 is 0. The smallest absolute Gasteiger partial charge is 0.123 e. The van der Waals surface area contributed by atoms with Crippen LogP contribution in [0.3, 0.4) is 0 Å². The van der Waals surface area contributed by atoms with E-state index < -0.39 is 0 Å². The van der Waals surface area contributed by atoms with Gasteiger partial charge in [-0.2, -0.15) is 5.26 Å². The zero-order valence-electron chi connectivity index (χ0n) is 12.1. The average molecular weight is 276 g/mol. The van der Waals surface area contributed by atoms with E-state index in [9.17, 15) is 0 Å². The van der Waals surface area contributed by atoms with E-state index in [2.05, 4.69) is 29.0 Å². The summed E-state index contributed by atoms with van der Waals surface area (Å²) in [6.07, 6.45) is 2.05. The average Bonchev–Trinajstić information content (AvgIpc) is 2.89. The SMILES string of the molecule is COc1ccccc1Cn1ccc2cc(C#N)c(C)cc21. The van der Waals surface area contributed by atoms with Gasteiger partial charge in [-0.1, -0.05) is 18.2 Å². The molecular weight excluding hydrogens is 260 g/mol. The molecule has 21 heavy (non-hydrogen) atoms. The van der Waals surface area contributed by atoms with Gasteiger partial charge in [0.25, 0.3) is 0 Å². The van der Waals surface area contributed by atoms with Crippen molar-refractivity contribution in [2.45, 2.75) is 13.5 Å². The van der Waals surface area contributed by atoms with Gasteiger partial charge in [0.05, 0.1) is 25.3 Å². The second kappa shape index (κ2) is 5.34. The maximum absolute atomic E-state index is 9.11. The van der Waals surface area contributed by atoms with E-state index in [-0.39, 0.29) is 0 Å². The molecule has 3 heteroatoms. The van der Waals surface area contributed by atoms with E-state index in [1.54, 1.807) is 7.11 Å². The zero-order valence-corrected chi connectivity index (χ0v) is 12.1. The van der Waals surface area contributed by atoms with Gasteiger partial charge in [0, 0.05) is 22.7 Å². The van der Waals surface area contributed by atoms with Gasteiger partial charge in [0.2, 0.25) is 0 Å². The Hall–Kier alpha value is -2.73. The number of hydrogen-bond acceptors (Lipinski definition) is 2. The highest BCUT2D eigenvalue weighted by Crippen LogP contribution is 2.24. The summed E-state index contributed by atoms with van der Waals surface area (Å²) in [6, 6.07) is 16.3. The molecule has 0 atom stereocenters. The maximum atomic E-state index is 9.11. The van der Waals surface area contributed by atoms with Crippen molar-refractivity contribution in [2.24, 2.45) is 0 Å². The van der Waals surface area contributed by atoms with Gasteiger partial charge in [-0.05, 0) is 36.8 Å². The maximum Gasteiger partial charge on any atom is 0.123 e. The van der Waals surface area contributed by atoms with Crippen LogP contribution < -0.4 is 4.74 Å². The highest BCUT2D eigenvalue weighted by atomic mass is 16.5. The van der Waals surface area contributed by atoms with Crippen LogP contribution in [-0.4, -0.2) is 11.7 Å². The molecule has 1 heterocycles. The van der Waals surface area contributed by atoms with Crippen molar-refractivity contribution < 1.29 is 4.74 Å². The van der Waals surface area contributed by atoms with Crippen LogP contribution in [0.5, 0.6) is 5.75 Å². The lowest BCUT2D eigenvalue weighted by Crippen LogP contribution is -2.00. The molecule has 0 aliphatic carbocycles. The molecule has 0 radical (unpaired) electrons. The lowest BCUT2D eigenvalue weighted by Gasteiger charge is -2.10. The number of nitrogens with zero attached hydrogens (tertiary/aromatic N) is 2. The van der Waals surface area contributed by atoms with E-state index in [0.29, 0.717) is 0 Å². The molecule has 0 saturated carbocycles. The Morgan fingerprint density at radius 1 is 1.19 bits per heavy atom. The van der Waals surface area contributed by atoms with Gasteiger partial charge in [0.1, 0.15) is 5.75 Å². The Labute approximate surface area is 124 Å². The molecule has 1 aromatic heterocycles. The fourth-order valence-electron chi connectivity index (χ4n) is 2.62. The van der Waals surface area contributed by atoms with Crippen molar-refractivity contribution >= 4 is 10.9 Å². The lowest BCUT2D eigenvalue weighted by atomic mass is 10.1. The Morgan fingerprint density at radius 2 is 2.00 bits per heavy atom. The first-order valence-corrected chi connectivity index (χ1v) is 6.84. The first kappa shape index (κ1) is 13.3. The van der Waals surface area contributed by atoms with Crippen molar-refractivity contribution in [3.8, 4) is 11.8 Å². The van der Waals surface area contributed by atoms with E-state index >= 15 is 0 Å². The third-order valence-electron chi connectivity index (χ3n) is 3.77. The minimum absolute atomic E-state index is 0.734. The summed E-state index contributed by atoms with van der Waals surface area (Å²) in [4.78, 5) is 0. The number of benzene rings is 2. The molecule has 3 nitrogen and oxygen atoms in total. The van der Waals surface area contributed by atoms with Crippen LogP contribution in [0.4, 0.5) is 0 Å². The molecule has 3 rings (SSSR count). The van der Waals surface area contributed by atoms with Crippen LogP contribution in [0, 0.1) is 18.3 Å². The van der Waals surface area contributed by atoms with Crippen molar-refractivity contribution in [3.63, 3.8) is 0 Å². The van der Waals surface area contributed by atoms with Gasteiger partial charge >= 0.3 is 0 Å². The lowest BCUT2D eigenvalue weighted by molar-refractivity contribution is 0.408. The first-order valence-electron chi connectivity index (χ1n) is 6.84. The van der Waals surface area contributed by atoms with Crippen LogP contribution in [0.1, 0.15) is 16.7 Å². The highest BCUT2D eigenvalue weighted by molar-refractivity contribution is 5.83. The van der Waals surface area contributed by atoms with Gasteiger partial charge < -0.3 is 9.30 Å². The second-order valence-electron chi connectivity index (χ2n) is 5.09. The predicted molar refractivity (Wildman–Crippen MR) is 83.5 cm³/mol. The molecule has 0 N–H and O–H groups in total. The van der Waals surface area contributed by atoms with Crippen LogP contribution in [0.2, 0.25) is 0 Å². The van der Waals surface area contributed by atoms with E-state index in [4.69, 9.17) is 10.00 Å². The highest BCUT2D eigenvalue weighted by Gasteiger charge is 2.08. The van der Waals surface area contributed by atoms with Crippen molar-refractivity contribution in [1.29, 1.82) is 5.26 Å². The van der Waals surface area contributed by atoms with Gasteiger partial charge in [-0.3, -0.25) is 0 Å².